The first-order valence-electron chi connectivity index (χ1n) is 2.94. The number of epoxide rings is 1. The standard InChI is InChI=1S/C6H6BrFO/c7-3-1-4(8)6-5(2-3)9-6/h1,3,5-6H,2H2/t3?,5-,6+/m0/s1. The monoisotopic (exact) mass is 192 g/mol. The Balaban J connectivity index is 2.18. The molecule has 1 unspecified atom stereocenters. The molecule has 0 aromatic carbocycles. The Morgan fingerprint density at radius 1 is 1.78 bits per heavy atom. The Morgan fingerprint density at radius 2 is 2.56 bits per heavy atom. The van der Waals surface area contributed by atoms with Crippen LogP contribution in [0.15, 0.2) is 11.9 Å². The highest BCUT2D eigenvalue weighted by atomic mass is 79.9. The van der Waals surface area contributed by atoms with Crippen molar-refractivity contribution in [1.82, 2.24) is 0 Å². The van der Waals surface area contributed by atoms with Gasteiger partial charge in [-0.15, -0.1) is 0 Å². The highest BCUT2D eigenvalue weighted by Crippen LogP contribution is 2.39. The number of allylic oxidation sites excluding steroid dienone is 1. The molecule has 50 valence electrons. The van der Waals surface area contributed by atoms with Gasteiger partial charge in [0, 0.05) is 4.83 Å². The summed E-state index contributed by atoms with van der Waals surface area (Å²) in [6.07, 6.45) is 2.48. The molecule has 0 bridgehead atoms. The van der Waals surface area contributed by atoms with Gasteiger partial charge in [-0.2, -0.15) is 0 Å². The summed E-state index contributed by atoms with van der Waals surface area (Å²) in [5.74, 6) is -0.104. The fraction of sp³-hybridized carbons (Fsp3) is 0.667. The van der Waals surface area contributed by atoms with Crippen LogP contribution >= 0.6 is 15.9 Å². The lowest BCUT2D eigenvalue weighted by molar-refractivity contribution is 0.367. The Morgan fingerprint density at radius 3 is 3.22 bits per heavy atom. The van der Waals surface area contributed by atoms with Crippen molar-refractivity contribution in [2.75, 3.05) is 0 Å². The van der Waals surface area contributed by atoms with Crippen LogP contribution in [-0.2, 0) is 4.74 Å². The molecule has 1 saturated heterocycles. The first-order chi connectivity index (χ1) is 4.27. The number of hydrogen-bond acceptors (Lipinski definition) is 1. The molecule has 1 fully saturated rings. The van der Waals surface area contributed by atoms with E-state index in [1.165, 1.54) is 0 Å². The summed E-state index contributed by atoms with van der Waals surface area (Å²) in [7, 11) is 0. The summed E-state index contributed by atoms with van der Waals surface area (Å²) < 4.78 is 17.6. The molecule has 9 heavy (non-hydrogen) atoms. The number of fused-ring (bicyclic) bond motifs is 1. The van der Waals surface area contributed by atoms with E-state index in [4.69, 9.17) is 4.74 Å². The second-order valence-corrected chi connectivity index (χ2v) is 3.57. The van der Waals surface area contributed by atoms with E-state index >= 15 is 0 Å². The van der Waals surface area contributed by atoms with Crippen molar-refractivity contribution in [2.45, 2.75) is 23.5 Å². The molecule has 1 aliphatic carbocycles. The van der Waals surface area contributed by atoms with Gasteiger partial charge in [0.1, 0.15) is 11.9 Å². The third-order valence-electron chi connectivity index (χ3n) is 1.65. The van der Waals surface area contributed by atoms with Crippen molar-refractivity contribution in [2.24, 2.45) is 0 Å². The fourth-order valence-corrected chi connectivity index (χ4v) is 1.74. The van der Waals surface area contributed by atoms with Crippen LogP contribution < -0.4 is 0 Å². The second-order valence-electron chi connectivity index (χ2n) is 2.40. The summed E-state index contributed by atoms with van der Waals surface area (Å²) in [5.41, 5.74) is 0. The van der Waals surface area contributed by atoms with Crippen molar-refractivity contribution in [3.8, 4) is 0 Å². The zero-order chi connectivity index (χ0) is 6.43. The van der Waals surface area contributed by atoms with Gasteiger partial charge in [0.15, 0.2) is 0 Å². The van der Waals surface area contributed by atoms with E-state index in [0.717, 1.165) is 6.42 Å². The molecule has 1 aliphatic heterocycles. The number of hydrogen-bond donors (Lipinski definition) is 0. The molecule has 0 aromatic rings. The molecule has 0 N–H and O–H groups in total. The van der Waals surface area contributed by atoms with E-state index in [-0.39, 0.29) is 22.9 Å². The maximum Gasteiger partial charge on any atom is 0.135 e. The van der Waals surface area contributed by atoms with E-state index in [1.54, 1.807) is 6.08 Å². The first kappa shape index (κ1) is 5.86. The predicted octanol–water partition coefficient (Wildman–Crippen LogP) is 1.77. The van der Waals surface area contributed by atoms with Gasteiger partial charge in [-0.3, -0.25) is 0 Å². The fourth-order valence-electron chi connectivity index (χ4n) is 1.12. The highest BCUT2D eigenvalue weighted by molar-refractivity contribution is 9.09. The summed E-state index contributed by atoms with van der Waals surface area (Å²) in [6.45, 7) is 0. The maximum absolute atomic E-state index is 12.6. The quantitative estimate of drug-likeness (QED) is 0.422. The molecule has 0 aromatic heterocycles. The summed E-state index contributed by atoms with van der Waals surface area (Å²) in [6, 6.07) is 0. The molecule has 0 saturated carbocycles. The normalized spacial score (nSPS) is 47.8. The number of rotatable bonds is 0. The van der Waals surface area contributed by atoms with Crippen LogP contribution in [-0.4, -0.2) is 17.0 Å². The molecular weight excluding hydrogens is 187 g/mol. The zero-order valence-corrected chi connectivity index (χ0v) is 6.27. The number of alkyl halides is 1. The molecule has 1 heterocycles. The predicted molar refractivity (Wildman–Crippen MR) is 35.2 cm³/mol. The maximum atomic E-state index is 12.6. The minimum Gasteiger partial charge on any atom is -0.362 e. The molecule has 2 rings (SSSR count). The van der Waals surface area contributed by atoms with Crippen LogP contribution in [0.25, 0.3) is 0 Å². The van der Waals surface area contributed by atoms with E-state index < -0.39 is 0 Å². The van der Waals surface area contributed by atoms with Crippen LogP contribution in [0.4, 0.5) is 4.39 Å². The lowest BCUT2D eigenvalue weighted by Crippen LogP contribution is -2.09. The lowest BCUT2D eigenvalue weighted by atomic mass is 10.1. The van der Waals surface area contributed by atoms with Crippen molar-refractivity contribution in [1.29, 1.82) is 0 Å². The molecule has 3 heteroatoms. The second kappa shape index (κ2) is 1.80. The van der Waals surface area contributed by atoms with Crippen LogP contribution in [0.1, 0.15) is 6.42 Å². The van der Waals surface area contributed by atoms with Crippen LogP contribution in [0.5, 0.6) is 0 Å². The third-order valence-corrected chi connectivity index (χ3v) is 2.29. The van der Waals surface area contributed by atoms with Crippen molar-refractivity contribution >= 4 is 15.9 Å². The van der Waals surface area contributed by atoms with Crippen LogP contribution in [0, 0.1) is 0 Å². The highest BCUT2D eigenvalue weighted by Gasteiger charge is 2.46. The number of ether oxygens (including phenoxy) is 1. The summed E-state index contributed by atoms with van der Waals surface area (Å²) >= 11 is 3.30. The van der Waals surface area contributed by atoms with Crippen LogP contribution in [0.2, 0.25) is 0 Å². The molecular formula is C6H6BrFO. The largest absolute Gasteiger partial charge is 0.362 e. The SMILES string of the molecule is FC1=CC(Br)C[C@@H]2O[C@H]12. The smallest absolute Gasteiger partial charge is 0.135 e. The van der Waals surface area contributed by atoms with E-state index in [2.05, 4.69) is 15.9 Å². The Bertz CT molecular complexity index is 168. The average Bonchev–Trinajstić information content (AvgIpc) is 2.43. The van der Waals surface area contributed by atoms with Crippen LogP contribution in [0.3, 0.4) is 0 Å². The third kappa shape index (κ3) is 0.923. The molecule has 0 spiro atoms. The van der Waals surface area contributed by atoms with Gasteiger partial charge >= 0.3 is 0 Å². The van der Waals surface area contributed by atoms with E-state index in [9.17, 15) is 4.39 Å². The van der Waals surface area contributed by atoms with E-state index in [1.807, 2.05) is 0 Å². The van der Waals surface area contributed by atoms with Crippen molar-refractivity contribution in [3.63, 3.8) is 0 Å². The van der Waals surface area contributed by atoms with Gasteiger partial charge < -0.3 is 4.74 Å². The Hall–Kier alpha value is 0.110. The Kier molecular flexibility index (Phi) is 1.17. The van der Waals surface area contributed by atoms with Gasteiger partial charge in [0.25, 0.3) is 0 Å². The van der Waals surface area contributed by atoms with Gasteiger partial charge in [-0.25, -0.2) is 4.39 Å². The molecule has 2 aliphatic rings. The van der Waals surface area contributed by atoms with Crippen molar-refractivity contribution < 1.29 is 9.13 Å². The van der Waals surface area contributed by atoms with Gasteiger partial charge in [0.2, 0.25) is 0 Å². The van der Waals surface area contributed by atoms with Gasteiger partial charge in [-0.1, -0.05) is 15.9 Å². The molecule has 3 atom stereocenters. The van der Waals surface area contributed by atoms with Crippen molar-refractivity contribution in [3.05, 3.63) is 11.9 Å². The topological polar surface area (TPSA) is 12.5 Å². The summed E-state index contributed by atoms with van der Waals surface area (Å²) in [5, 5.41) is 0. The lowest BCUT2D eigenvalue weighted by Gasteiger charge is -2.05. The Labute approximate surface area is 61.0 Å². The first-order valence-corrected chi connectivity index (χ1v) is 3.85. The van der Waals surface area contributed by atoms with Gasteiger partial charge in [-0.05, 0) is 12.5 Å². The summed E-state index contributed by atoms with van der Waals surface area (Å²) in [4.78, 5) is 0.182. The minimum atomic E-state index is -0.182. The zero-order valence-electron chi connectivity index (χ0n) is 4.68. The minimum absolute atomic E-state index is 0.104. The molecule has 0 radical (unpaired) electrons. The molecule has 0 amide bonds. The number of halogens is 2. The average molecular weight is 193 g/mol. The van der Waals surface area contributed by atoms with Gasteiger partial charge in [0.05, 0.1) is 6.10 Å². The molecule has 1 nitrogen and oxygen atoms in total. The van der Waals surface area contributed by atoms with E-state index in [0.29, 0.717) is 0 Å².